The molecule has 6 nitrogen and oxygen atoms in total. The van der Waals surface area contributed by atoms with Crippen molar-refractivity contribution in [3.63, 3.8) is 0 Å². The number of benzene rings is 2. The van der Waals surface area contributed by atoms with E-state index >= 15 is 0 Å². The van der Waals surface area contributed by atoms with E-state index in [4.69, 9.17) is 0 Å². The number of carbonyl (C=O) groups is 1. The highest BCUT2D eigenvalue weighted by atomic mass is 32.2. The van der Waals surface area contributed by atoms with Gasteiger partial charge in [0.1, 0.15) is 0 Å². The Morgan fingerprint density at radius 1 is 1.09 bits per heavy atom. The highest BCUT2D eigenvalue weighted by Crippen LogP contribution is 2.48. The summed E-state index contributed by atoms with van der Waals surface area (Å²) in [6.45, 7) is 5.25. The van der Waals surface area contributed by atoms with Gasteiger partial charge in [0, 0.05) is 30.5 Å². The Kier molecular flexibility index (Phi) is 5.73. The van der Waals surface area contributed by atoms with Crippen LogP contribution in [0.4, 0.5) is 5.69 Å². The first-order valence-electron chi connectivity index (χ1n) is 11.9. The van der Waals surface area contributed by atoms with Crippen molar-refractivity contribution in [3.05, 3.63) is 65.7 Å². The second-order valence-electron chi connectivity index (χ2n) is 10.1. The molecule has 0 aromatic heterocycles. The van der Waals surface area contributed by atoms with Crippen LogP contribution in [0, 0.1) is 5.92 Å². The average molecular weight is 468 g/mol. The number of carbonyl (C=O) groups excluding carboxylic acids is 1. The van der Waals surface area contributed by atoms with E-state index < -0.39 is 10.0 Å². The highest BCUT2D eigenvalue weighted by molar-refractivity contribution is 7.92. The maximum atomic E-state index is 12.7. The lowest BCUT2D eigenvalue weighted by Gasteiger charge is -2.40. The molecule has 1 saturated heterocycles. The fourth-order valence-electron chi connectivity index (χ4n) is 5.81. The molecular weight excluding hydrogens is 434 g/mol. The third-order valence-corrected chi connectivity index (χ3v) is 8.81. The summed E-state index contributed by atoms with van der Waals surface area (Å²) in [5.41, 5.74) is 3.15. The van der Waals surface area contributed by atoms with Crippen LogP contribution in [0.3, 0.4) is 0 Å². The van der Waals surface area contributed by atoms with Gasteiger partial charge in [-0.25, -0.2) is 8.42 Å². The van der Waals surface area contributed by atoms with Gasteiger partial charge in [0.15, 0.2) is 0 Å². The second-order valence-corrected chi connectivity index (χ2v) is 12.0. The first-order chi connectivity index (χ1) is 15.8. The molecule has 2 heterocycles. The summed E-state index contributed by atoms with van der Waals surface area (Å²) >= 11 is 0. The Balaban J connectivity index is 1.16. The van der Waals surface area contributed by atoms with Crippen LogP contribution in [-0.4, -0.2) is 57.7 Å². The summed E-state index contributed by atoms with van der Waals surface area (Å²) in [6, 6.07) is 18.3. The predicted octanol–water partition coefficient (Wildman–Crippen LogP) is 3.11. The molecule has 0 bridgehead atoms. The van der Waals surface area contributed by atoms with Crippen molar-refractivity contribution in [2.45, 2.75) is 43.6 Å². The van der Waals surface area contributed by atoms with Crippen molar-refractivity contribution in [1.29, 1.82) is 0 Å². The molecule has 2 aliphatic heterocycles. The van der Waals surface area contributed by atoms with Crippen molar-refractivity contribution in [1.82, 2.24) is 10.2 Å². The lowest BCUT2D eigenvalue weighted by Crippen LogP contribution is -2.49. The number of hydrogen-bond acceptors (Lipinski definition) is 4. The largest absolute Gasteiger partial charge is 0.352 e. The standard InChI is InChI=1S/C26H33N3O3S/c1-19(27-25(30)22-16-21(22)20-8-4-3-5-9-20)17-28-14-12-26(13-15-28)18-29(33(2,31)32)24-11-7-6-10-23(24)26/h3-11,19,21-22H,12-18H2,1-2H3,(H,27,30)/t19-,21+,22-/m0/s1. The monoisotopic (exact) mass is 467 g/mol. The SMILES string of the molecule is C[C@@H](CN1CCC2(CC1)CN(S(C)(=O)=O)c1ccccc12)NC(=O)[C@H]1C[C@@H]1c1ccccc1. The number of fused-ring (bicyclic) bond motifs is 2. The lowest BCUT2D eigenvalue weighted by atomic mass is 9.74. The van der Waals surface area contributed by atoms with E-state index in [0.29, 0.717) is 12.5 Å². The number of rotatable bonds is 6. The van der Waals surface area contributed by atoms with Crippen LogP contribution in [0.1, 0.15) is 43.2 Å². The van der Waals surface area contributed by atoms with Crippen LogP contribution in [0.5, 0.6) is 0 Å². The number of likely N-dealkylation sites (tertiary alicyclic amines) is 1. The zero-order valence-electron chi connectivity index (χ0n) is 19.4. The Bertz CT molecular complexity index is 1130. The molecule has 2 fully saturated rings. The lowest BCUT2D eigenvalue weighted by molar-refractivity contribution is -0.123. The fraction of sp³-hybridized carbons (Fsp3) is 0.500. The molecule has 1 amide bonds. The van der Waals surface area contributed by atoms with Crippen molar-refractivity contribution in [2.75, 3.05) is 36.7 Å². The molecule has 2 aromatic carbocycles. The molecule has 7 heteroatoms. The average Bonchev–Trinajstić information content (AvgIpc) is 3.54. The quantitative estimate of drug-likeness (QED) is 0.709. The Morgan fingerprint density at radius 2 is 1.76 bits per heavy atom. The number of nitrogens with zero attached hydrogens (tertiary/aromatic N) is 2. The van der Waals surface area contributed by atoms with Crippen molar-refractivity contribution < 1.29 is 13.2 Å². The molecule has 33 heavy (non-hydrogen) atoms. The highest BCUT2D eigenvalue weighted by Gasteiger charge is 2.47. The molecule has 1 N–H and O–H groups in total. The van der Waals surface area contributed by atoms with E-state index in [-0.39, 0.29) is 23.3 Å². The third kappa shape index (κ3) is 4.41. The minimum absolute atomic E-state index is 0.0898. The van der Waals surface area contributed by atoms with Gasteiger partial charge in [0.05, 0.1) is 11.9 Å². The van der Waals surface area contributed by atoms with Gasteiger partial charge in [-0.05, 0) is 62.4 Å². The third-order valence-electron chi connectivity index (χ3n) is 7.68. The van der Waals surface area contributed by atoms with Gasteiger partial charge in [0.2, 0.25) is 15.9 Å². The van der Waals surface area contributed by atoms with E-state index in [1.54, 1.807) is 4.31 Å². The first kappa shape index (κ1) is 22.4. The van der Waals surface area contributed by atoms with Gasteiger partial charge in [-0.1, -0.05) is 48.5 Å². The topological polar surface area (TPSA) is 69.7 Å². The van der Waals surface area contributed by atoms with Crippen molar-refractivity contribution in [2.24, 2.45) is 5.92 Å². The molecule has 3 aliphatic rings. The molecule has 2 aromatic rings. The van der Waals surface area contributed by atoms with Gasteiger partial charge in [0.25, 0.3) is 0 Å². The smallest absolute Gasteiger partial charge is 0.232 e. The van der Waals surface area contributed by atoms with E-state index in [2.05, 4.69) is 35.3 Å². The normalized spacial score (nSPS) is 25.0. The minimum atomic E-state index is -3.29. The second kappa shape index (κ2) is 8.44. The first-order valence-corrected chi connectivity index (χ1v) is 13.8. The number of anilines is 1. The van der Waals surface area contributed by atoms with Crippen LogP contribution in [-0.2, 0) is 20.2 Å². The molecule has 5 rings (SSSR count). The molecule has 1 spiro atoms. The summed E-state index contributed by atoms with van der Waals surface area (Å²) in [5, 5.41) is 3.22. The Hall–Kier alpha value is -2.38. The maximum Gasteiger partial charge on any atom is 0.232 e. The van der Waals surface area contributed by atoms with Gasteiger partial charge < -0.3 is 10.2 Å². The zero-order valence-corrected chi connectivity index (χ0v) is 20.2. The van der Waals surface area contributed by atoms with Crippen LogP contribution in [0.2, 0.25) is 0 Å². The molecule has 1 saturated carbocycles. The Labute approximate surface area is 197 Å². The number of para-hydroxylation sites is 1. The van der Waals surface area contributed by atoms with Crippen molar-refractivity contribution in [3.8, 4) is 0 Å². The van der Waals surface area contributed by atoms with E-state index in [9.17, 15) is 13.2 Å². The van der Waals surface area contributed by atoms with E-state index in [0.717, 1.165) is 50.1 Å². The van der Waals surface area contributed by atoms with Crippen LogP contribution < -0.4 is 9.62 Å². The fourth-order valence-corrected chi connectivity index (χ4v) is 6.81. The zero-order chi connectivity index (χ0) is 23.2. The predicted molar refractivity (Wildman–Crippen MR) is 131 cm³/mol. The van der Waals surface area contributed by atoms with Crippen molar-refractivity contribution >= 4 is 21.6 Å². The summed E-state index contributed by atoms with van der Waals surface area (Å²) in [4.78, 5) is 15.1. The molecule has 0 radical (unpaired) electrons. The van der Waals surface area contributed by atoms with Crippen LogP contribution >= 0.6 is 0 Å². The van der Waals surface area contributed by atoms with Gasteiger partial charge in [-0.3, -0.25) is 9.10 Å². The summed E-state index contributed by atoms with van der Waals surface area (Å²) < 4.78 is 26.4. The van der Waals surface area contributed by atoms with E-state index in [1.807, 2.05) is 36.4 Å². The number of piperidine rings is 1. The molecule has 1 aliphatic carbocycles. The summed E-state index contributed by atoms with van der Waals surface area (Å²) in [6.07, 6.45) is 4.08. The number of nitrogens with one attached hydrogen (secondary N) is 1. The molecule has 0 unspecified atom stereocenters. The van der Waals surface area contributed by atoms with Gasteiger partial charge in [-0.15, -0.1) is 0 Å². The van der Waals surface area contributed by atoms with Crippen LogP contribution in [0.25, 0.3) is 0 Å². The van der Waals surface area contributed by atoms with Crippen LogP contribution in [0.15, 0.2) is 54.6 Å². The molecule has 176 valence electrons. The number of hydrogen-bond donors (Lipinski definition) is 1. The Morgan fingerprint density at radius 3 is 2.45 bits per heavy atom. The van der Waals surface area contributed by atoms with Gasteiger partial charge >= 0.3 is 0 Å². The number of sulfonamides is 1. The maximum absolute atomic E-state index is 12.7. The molecule has 3 atom stereocenters. The van der Waals surface area contributed by atoms with Gasteiger partial charge in [-0.2, -0.15) is 0 Å². The summed E-state index contributed by atoms with van der Waals surface area (Å²) in [5.74, 6) is 0.614. The molecular formula is C26H33N3O3S. The summed E-state index contributed by atoms with van der Waals surface area (Å²) in [7, 11) is -3.29. The van der Waals surface area contributed by atoms with E-state index in [1.165, 1.54) is 11.8 Å². The number of amides is 1. The minimum Gasteiger partial charge on any atom is -0.352 e.